The molecule has 1 fully saturated rings. The van der Waals surface area contributed by atoms with Crippen LogP contribution in [0.15, 0.2) is 91.0 Å². The molecule has 0 spiro atoms. The van der Waals surface area contributed by atoms with Crippen LogP contribution in [0.5, 0.6) is 0 Å². The van der Waals surface area contributed by atoms with Gasteiger partial charge in [0.15, 0.2) is 6.29 Å². The van der Waals surface area contributed by atoms with Gasteiger partial charge in [-0.15, -0.1) is 0 Å². The molecule has 0 amide bonds. The molecule has 168 valence electrons. The van der Waals surface area contributed by atoms with E-state index in [0.717, 1.165) is 16.7 Å². The molecule has 1 aliphatic rings. The fourth-order valence-corrected chi connectivity index (χ4v) is 3.83. The van der Waals surface area contributed by atoms with Crippen molar-refractivity contribution in [3.8, 4) is 0 Å². The van der Waals surface area contributed by atoms with E-state index in [1.165, 1.54) is 0 Å². The number of aliphatic hydroxyl groups excluding tert-OH is 1. The number of benzene rings is 3. The zero-order valence-corrected chi connectivity index (χ0v) is 18.1. The molecule has 4 atom stereocenters. The van der Waals surface area contributed by atoms with E-state index in [-0.39, 0.29) is 12.2 Å². The van der Waals surface area contributed by atoms with Crippen molar-refractivity contribution in [3.63, 3.8) is 0 Å². The Balaban J connectivity index is 1.42. The quantitative estimate of drug-likeness (QED) is 0.510. The first-order valence-corrected chi connectivity index (χ1v) is 11.0. The smallest absolute Gasteiger partial charge is 0.157 e. The molecule has 0 saturated carbocycles. The molecule has 3 aromatic carbocycles. The van der Waals surface area contributed by atoms with Crippen molar-refractivity contribution in [2.45, 2.75) is 50.8 Å². The van der Waals surface area contributed by atoms with Crippen LogP contribution in [0.3, 0.4) is 0 Å². The highest BCUT2D eigenvalue weighted by atomic mass is 16.6. The summed E-state index contributed by atoms with van der Waals surface area (Å²) in [5, 5.41) is 10.4. The van der Waals surface area contributed by atoms with Gasteiger partial charge in [0, 0.05) is 6.42 Å². The lowest BCUT2D eigenvalue weighted by Crippen LogP contribution is -2.52. The molecule has 1 saturated heterocycles. The predicted octanol–water partition coefficient (Wildman–Crippen LogP) is 4.48. The molecule has 0 aromatic heterocycles. The van der Waals surface area contributed by atoms with Crippen molar-refractivity contribution < 1.29 is 24.1 Å². The van der Waals surface area contributed by atoms with Crippen molar-refractivity contribution in [1.29, 1.82) is 0 Å². The van der Waals surface area contributed by atoms with Crippen LogP contribution in [0.1, 0.15) is 23.1 Å². The second-order valence-corrected chi connectivity index (χ2v) is 7.96. The molecule has 1 aliphatic heterocycles. The van der Waals surface area contributed by atoms with Gasteiger partial charge in [0.05, 0.1) is 32.5 Å². The summed E-state index contributed by atoms with van der Waals surface area (Å²) in [6.45, 7) is 1.65. The number of hydrogen-bond donors (Lipinski definition) is 1. The Morgan fingerprint density at radius 1 is 0.688 bits per heavy atom. The van der Waals surface area contributed by atoms with Gasteiger partial charge < -0.3 is 24.1 Å². The summed E-state index contributed by atoms with van der Waals surface area (Å²) in [5.74, 6) is 0. The Hall–Kier alpha value is -2.54. The lowest BCUT2D eigenvalue weighted by atomic mass is 10.0. The molecular weight excluding hydrogens is 404 g/mol. The number of aliphatic hydroxyl groups is 1. The first-order chi connectivity index (χ1) is 15.8. The van der Waals surface area contributed by atoms with Gasteiger partial charge in [-0.3, -0.25) is 0 Å². The van der Waals surface area contributed by atoms with Gasteiger partial charge in [0.1, 0.15) is 12.2 Å². The Morgan fingerprint density at radius 2 is 1.19 bits per heavy atom. The van der Waals surface area contributed by atoms with Crippen LogP contribution < -0.4 is 0 Å². The monoisotopic (exact) mass is 434 g/mol. The van der Waals surface area contributed by atoms with Crippen molar-refractivity contribution >= 4 is 0 Å². The summed E-state index contributed by atoms with van der Waals surface area (Å²) in [7, 11) is 0. The summed E-state index contributed by atoms with van der Waals surface area (Å²) in [5.41, 5.74) is 3.24. The zero-order chi connectivity index (χ0) is 22.0. The van der Waals surface area contributed by atoms with Gasteiger partial charge >= 0.3 is 0 Å². The zero-order valence-electron chi connectivity index (χ0n) is 18.1. The Morgan fingerprint density at radius 3 is 1.75 bits per heavy atom. The van der Waals surface area contributed by atoms with Crippen LogP contribution in [0, 0.1) is 0 Å². The lowest BCUT2D eigenvalue weighted by Gasteiger charge is -2.39. The summed E-state index contributed by atoms with van der Waals surface area (Å²) < 4.78 is 24.3. The first-order valence-electron chi connectivity index (χ1n) is 11.0. The second kappa shape index (κ2) is 11.9. The normalized spacial score (nSPS) is 23.2. The van der Waals surface area contributed by atoms with Gasteiger partial charge in [-0.2, -0.15) is 0 Å². The molecule has 0 bridgehead atoms. The van der Waals surface area contributed by atoms with Crippen molar-refractivity contribution in [2.75, 3.05) is 6.61 Å². The molecule has 3 aromatic rings. The van der Waals surface area contributed by atoms with E-state index in [9.17, 15) is 5.11 Å². The third kappa shape index (κ3) is 6.73. The third-order valence-electron chi connectivity index (χ3n) is 5.48. The average Bonchev–Trinajstić information content (AvgIpc) is 2.84. The molecule has 0 aliphatic carbocycles. The highest BCUT2D eigenvalue weighted by Crippen LogP contribution is 2.27. The Labute approximate surface area is 189 Å². The first kappa shape index (κ1) is 22.6. The van der Waals surface area contributed by atoms with Crippen LogP contribution in [-0.2, 0) is 38.8 Å². The minimum Gasteiger partial charge on any atom is -0.374 e. The maximum absolute atomic E-state index is 10.4. The van der Waals surface area contributed by atoms with Crippen molar-refractivity contribution in [1.82, 2.24) is 0 Å². The maximum atomic E-state index is 10.4. The van der Waals surface area contributed by atoms with E-state index < -0.39 is 12.4 Å². The third-order valence-corrected chi connectivity index (χ3v) is 5.48. The standard InChI is InChI=1S/C27H30O5/c28-26-16-24(30-18-22-12-6-2-7-13-22)27(31-19-23-14-8-3-9-15-23)25(32-26)20-29-17-21-10-4-1-5-11-21/h1-15,24-28H,16-20H2/t24?,25?,26-,27-/m1/s1. The molecule has 1 heterocycles. The van der Waals surface area contributed by atoms with Gasteiger partial charge in [-0.05, 0) is 16.7 Å². The minimum absolute atomic E-state index is 0.302. The van der Waals surface area contributed by atoms with E-state index in [2.05, 4.69) is 0 Å². The van der Waals surface area contributed by atoms with Gasteiger partial charge in [-0.25, -0.2) is 0 Å². The molecule has 2 unspecified atom stereocenters. The number of ether oxygens (including phenoxy) is 4. The van der Waals surface area contributed by atoms with E-state index in [0.29, 0.717) is 32.8 Å². The molecule has 32 heavy (non-hydrogen) atoms. The van der Waals surface area contributed by atoms with Crippen LogP contribution in [-0.4, -0.2) is 36.3 Å². The lowest BCUT2D eigenvalue weighted by molar-refractivity contribution is -0.265. The molecule has 5 heteroatoms. The van der Waals surface area contributed by atoms with Gasteiger partial charge in [-0.1, -0.05) is 91.0 Å². The Bertz CT molecular complexity index is 903. The summed E-state index contributed by atoms with van der Waals surface area (Å²) >= 11 is 0. The van der Waals surface area contributed by atoms with Gasteiger partial charge in [0.2, 0.25) is 0 Å². The average molecular weight is 435 g/mol. The number of rotatable bonds is 10. The van der Waals surface area contributed by atoms with E-state index in [1.807, 2.05) is 91.0 Å². The summed E-state index contributed by atoms with van der Waals surface area (Å²) in [6, 6.07) is 30.0. The van der Waals surface area contributed by atoms with E-state index in [4.69, 9.17) is 18.9 Å². The predicted molar refractivity (Wildman–Crippen MR) is 122 cm³/mol. The van der Waals surface area contributed by atoms with Crippen LogP contribution >= 0.6 is 0 Å². The maximum Gasteiger partial charge on any atom is 0.157 e. The SMILES string of the molecule is O[C@H]1CC(OCc2ccccc2)[C@@H](OCc2ccccc2)C(COCc2ccccc2)O1. The molecule has 5 nitrogen and oxygen atoms in total. The van der Waals surface area contributed by atoms with E-state index in [1.54, 1.807) is 0 Å². The molecule has 1 N–H and O–H groups in total. The number of hydrogen-bond acceptors (Lipinski definition) is 5. The summed E-state index contributed by atoms with van der Waals surface area (Å²) in [4.78, 5) is 0. The molecular formula is C27H30O5. The summed E-state index contributed by atoms with van der Waals surface area (Å²) in [6.07, 6.45) is -1.68. The highest BCUT2D eigenvalue weighted by Gasteiger charge is 2.40. The molecule has 4 rings (SSSR count). The minimum atomic E-state index is -0.919. The van der Waals surface area contributed by atoms with Crippen LogP contribution in [0.4, 0.5) is 0 Å². The topological polar surface area (TPSA) is 57.2 Å². The van der Waals surface area contributed by atoms with Gasteiger partial charge in [0.25, 0.3) is 0 Å². The molecule has 0 radical (unpaired) electrons. The van der Waals surface area contributed by atoms with Crippen molar-refractivity contribution in [3.05, 3.63) is 108 Å². The van der Waals surface area contributed by atoms with Crippen molar-refractivity contribution in [2.24, 2.45) is 0 Å². The fraction of sp³-hybridized carbons (Fsp3) is 0.333. The highest BCUT2D eigenvalue weighted by molar-refractivity contribution is 5.15. The fourth-order valence-electron chi connectivity index (χ4n) is 3.83. The van der Waals surface area contributed by atoms with E-state index >= 15 is 0 Å². The van der Waals surface area contributed by atoms with Crippen LogP contribution in [0.2, 0.25) is 0 Å². The Kier molecular flexibility index (Phi) is 8.42. The van der Waals surface area contributed by atoms with Crippen LogP contribution in [0.25, 0.3) is 0 Å². The second-order valence-electron chi connectivity index (χ2n) is 7.96. The largest absolute Gasteiger partial charge is 0.374 e.